The zero-order valence-corrected chi connectivity index (χ0v) is 13.4. The van der Waals surface area contributed by atoms with Crippen LogP contribution in [0.5, 0.6) is 0 Å². The fraction of sp³-hybridized carbons (Fsp3) is 0. The van der Waals surface area contributed by atoms with Crippen LogP contribution >= 0.6 is 27.5 Å². The van der Waals surface area contributed by atoms with Crippen LogP contribution in [0.3, 0.4) is 0 Å². The molecule has 0 spiro atoms. The highest BCUT2D eigenvalue weighted by Gasteiger charge is 2.08. The third-order valence-electron chi connectivity index (χ3n) is 2.42. The number of benzene rings is 2. The molecule has 1 N–H and O–H groups in total. The van der Waals surface area contributed by atoms with Gasteiger partial charge in [0.05, 0.1) is 16.1 Å². The normalized spacial score (nSPS) is 11.7. The molecule has 6 heteroatoms. The monoisotopic (exact) mass is 371 g/mol. The van der Waals surface area contributed by atoms with Crippen LogP contribution in [-0.4, -0.2) is 8.42 Å². The number of anilines is 1. The Morgan fingerprint density at radius 1 is 1.10 bits per heavy atom. The van der Waals surface area contributed by atoms with E-state index in [-0.39, 0.29) is 0 Å². The van der Waals surface area contributed by atoms with Crippen molar-refractivity contribution in [2.24, 2.45) is 0 Å². The molecule has 2 aromatic carbocycles. The molecule has 0 heterocycles. The molecular weight excluding hydrogens is 362 g/mol. The second kappa shape index (κ2) is 6.43. The van der Waals surface area contributed by atoms with Crippen LogP contribution in [0.1, 0.15) is 5.56 Å². The Hall–Kier alpha value is -1.30. The van der Waals surface area contributed by atoms with Crippen LogP contribution < -0.4 is 4.72 Å². The van der Waals surface area contributed by atoms with Crippen molar-refractivity contribution in [3.63, 3.8) is 0 Å². The lowest BCUT2D eigenvalue weighted by atomic mass is 10.2. The van der Waals surface area contributed by atoms with E-state index in [1.807, 2.05) is 30.3 Å². The molecule has 20 heavy (non-hydrogen) atoms. The molecule has 0 aliphatic rings. The van der Waals surface area contributed by atoms with Gasteiger partial charge in [0.25, 0.3) is 10.0 Å². The maximum Gasteiger partial charge on any atom is 0.255 e. The van der Waals surface area contributed by atoms with E-state index in [4.69, 9.17) is 11.6 Å². The van der Waals surface area contributed by atoms with Crippen LogP contribution in [0, 0.1) is 0 Å². The molecule has 0 atom stereocenters. The van der Waals surface area contributed by atoms with E-state index < -0.39 is 10.0 Å². The fourth-order valence-corrected chi connectivity index (χ4v) is 3.16. The summed E-state index contributed by atoms with van der Waals surface area (Å²) in [5.41, 5.74) is 1.15. The lowest BCUT2D eigenvalue weighted by Gasteiger charge is -2.06. The quantitative estimate of drug-likeness (QED) is 0.858. The number of sulfonamides is 1. The smallest absolute Gasteiger partial charge is 0.255 e. The van der Waals surface area contributed by atoms with Crippen molar-refractivity contribution in [1.82, 2.24) is 0 Å². The van der Waals surface area contributed by atoms with Crippen molar-refractivity contribution in [3.8, 4) is 0 Å². The molecule has 2 rings (SSSR count). The Balaban J connectivity index is 2.17. The molecule has 2 aromatic rings. The largest absolute Gasteiger partial charge is 0.279 e. The first-order chi connectivity index (χ1) is 9.46. The predicted octanol–water partition coefficient (Wildman–Crippen LogP) is 4.52. The molecule has 0 aliphatic heterocycles. The molecule has 0 radical (unpaired) electrons. The summed E-state index contributed by atoms with van der Waals surface area (Å²) in [5, 5.41) is 1.44. The molecule has 0 bridgehead atoms. The summed E-state index contributed by atoms with van der Waals surface area (Å²) in [5.74, 6) is 0. The zero-order chi connectivity index (χ0) is 14.6. The minimum atomic E-state index is -3.60. The first kappa shape index (κ1) is 15.1. The minimum absolute atomic E-state index is 0.330. The Labute approximate surface area is 131 Å². The summed E-state index contributed by atoms with van der Waals surface area (Å²) in [6.07, 6.45) is 1.52. The number of rotatable bonds is 4. The Kier molecular flexibility index (Phi) is 4.86. The van der Waals surface area contributed by atoms with Crippen LogP contribution in [0.25, 0.3) is 6.08 Å². The van der Waals surface area contributed by atoms with Crippen molar-refractivity contribution in [1.29, 1.82) is 0 Å². The number of hydrogen-bond donors (Lipinski definition) is 1. The van der Waals surface area contributed by atoms with Gasteiger partial charge < -0.3 is 0 Å². The van der Waals surface area contributed by atoms with E-state index in [1.165, 1.54) is 6.08 Å². The third kappa shape index (κ3) is 4.37. The molecule has 0 amide bonds. The van der Waals surface area contributed by atoms with Gasteiger partial charge in [0.2, 0.25) is 0 Å². The summed E-state index contributed by atoms with van der Waals surface area (Å²) in [6, 6.07) is 14.1. The fourth-order valence-electron chi connectivity index (χ4n) is 1.49. The van der Waals surface area contributed by atoms with Crippen LogP contribution in [0.4, 0.5) is 5.69 Å². The molecule has 0 saturated heterocycles. The average molecular weight is 373 g/mol. The molecular formula is C14H11BrClNO2S. The Morgan fingerprint density at radius 2 is 1.80 bits per heavy atom. The van der Waals surface area contributed by atoms with E-state index in [0.29, 0.717) is 10.7 Å². The van der Waals surface area contributed by atoms with E-state index in [0.717, 1.165) is 15.4 Å². The Bertz CT molecular complexity index is 730. The molecule has 0 fully saturated rings. The van der Waals surface area contributed by atoms with Gasteiger partial charge in [-0.3, -0.25) is 4.72 Å². The van der Waals surface area contributed by atoms with Gasteiger partial charge in [-0.15, -0.1) is 0 Å². The van der Waals surface area contributed by atoms with Crippen LogP contribution in [0.2, 0.25) is 5.02 Å². The van der Waals surface area contributed by atoms with Gasteiger partial charge in [0.1, 0.15) is 0 Å². The van der Waals surface area contributed by atoms with Gasteiger partial charge in [-0.25, -0.2) is 8.42 Å². The summed E-state index contributed by atoms with van der Waals surface area (Å²) in [6.45, 7) is 0. The van der Waals surface area contributed by atoms with Crippen molar-refractivity contribution < 1.29 is 8.42 Å². The van der Waals surface area contributed by atoms with Gasteiger partial charge in [0.15, 0.2) is 0 Å². The summed E-state index contributed by atoms with van der Waals surface area (Å²) >= 11 is 9.23. The van der Waals surface area contributed by atoms with Crippen molar-refractivity contribution in [2.45, 2.75) is 0 Å². The van der Waals surface area contributed by atoms with Crippen LogP contribution in [-0.2, 0) is 10.0 Å². The second-order valence-electron chi connectivity index (χ2n) is 3.98. The topological polar surface area (TPSA) is 46.2 Å². The minimum Gasteiger partial charge on any atom is -0.279 e. The maximum absolute atomic E-state index is 11.9. The van der Waals surface area contributed by atoms with Gasteiger partial charge in [-0.05, 0) is 29.8 Å². The van der Waals surface area contributed by atoms with E-state index in [1.54, 1.807) is 18.2 Å². The van der Waals surface area contributed by atoms with Crippen molar-refractivity contribution in [2.75, 3.05) is 4.72 Å². The summed E-state index contributed by atoms with van der Waals surface area (Å²) in [7, 11) is -3.60. The van der Waals surface area contributed by atoms with Crippen molar-refractivity contribution in [3.05, 3.63) is 69.0 Å². The van der Waals surface area contributed by atoms with Crippen LogP contribution in [0.15, 0.2) is 58.4 Å². The predicted molar refractivity (Wildman–Crippen MR) is 87.2 cm³/mol. The molecule has 0 saturated carbocycles. The lowest BCUT2D eigenvalue weighted by molar-refractivity contribution is 0.609. The standard InChI is InChI=1S/C14H11BrClNO2S/c15-12-6-7-14(13(16)10-12)17-20(18,19)9-8-11-4-2-1-3-5-11/h1-10,17H/b9-8+. The lowest BCUT2D eigenvalue weighted by Crippen LogP contribution is -2.09. The maximum atomic E-state index is 11.9. The molecule has 104 valence electrons. The highest BCUT2D eigenvalue weighted by atomic mass is 79.9. The first-order valence-corrected chi connectivity index (χ1v) is 8.39. The SMILES string of the molecule is O=S(=O)(/C=C/c1ccccc1)Nc1ccc(Br)cc1Cl. The van der Waals surface area contributed by atoms with Gasteiger partial charge in [-0.1, -0.05) is 57.9 Å². The molecule has 3 nitrogen and oxygen atoms in total. The second-order valence-corrected chi connectivity index (χ2v) is 6.87. The average Bonchev–Trinajstić information content (AvgIpc) is 2.41. The number of hydrogen-bond acceptors (Lipinski definition) is 2. The van der Waals surface area contributed by atoms with Crippen molar-refractivity contribution >= 4 is 49.3 Å². The highest BCUT2D eigenvalue weighted by Crippen LogP contribution is 2.26. The number of nitrogens with one attached hydrogen (secondary N) is 1. The molecule has 0 aliphatic carbocycles. The van der Waals surface area contributed by atoms with Gasteiger partial charge >= 0.3 is 0 Å². The highest BCUT2D eigenvalue weighted by molar-refractivity contribution is 9.10. The van der Waals surface area contributed by atoms with Gasteiger partial charge in [-0.2, -0.15) is 0 Å². The third-order valence-corrected chi connectivity index (χ3v) is 4.23. The molecule has 0 aromatic heterocycles. The van der Waals surface area contributed by atoms with E-state index in [2.05, 4.69) is 20.7 Å². The molecule has 0 unspecified atom stereocenters. The van der Waals surface area contributed by atoms with E-state index in [9.17, 15) is 8.42 Å². The Morgan fingerprint density at radius 3 is 2.45 bits per heavy atom. The zero-order valence-electron chi connectivity index (χ0n) is 10.3. The van der Waals surface area contributed by atoms with E-state index >= 15 is 0 Å². The first-order valence-electron chi connectivity index (χ1n) is 5.67. The van der Waals surface area contributed by atoms with Gasteiger partial charge in [0, 0.05) is 4.47 Å². The number of halogens is 2. The summed E-state index contributed by atoms with van der Waals surface area (Å²) in [4.78, 5) is 0. The summed E-state index contributed by atoms with van der Waals surface area (Å²) < 4.78 is 27.1.